The fraction of sp³-hybridized carbons (Fsp3) is 0.455. The van der Waals surface area contributed by atoms with Gasteiger partial charge in [0.15, 0.2) is 0 Å². The normalized spacial score (nSPS) is 9.80. The Labute approximate surface area is 89.5 Å². The molecule has 80 valence electrons. The minimum atomic E-state index is 0.181. The van der Waals surface area contributed by atoms with E-state index in [9.17, 15) is 0 Å². The van der Waals surface area contributed by atoms with E-state index < -0.39 is 0 Å². The predicted molar refractivity (Wildman–Crippen MR) is 60.2 cm³/mol. The van der Waals surface area contributed by atoms with Crippen molar-refractivity contribution in [2.45, 2.75) is 32.8 Å². The smallest absolute Gasteiger partial charge is 0.129 e. The second kappa shape index (κ2) is 5.94. The molecule has 0 aromatic heterocycles. The van der Waals surface area contributed by atoms with Crippen LogP contribution in [0.3, 0.4) is 0 Å². The van der Waals surface area contributed by atoms with Crippen LogP contribution >= 0.6 is 0 Å². The van der Waals surface area contributed by atoms with E-state index >= 15 is 0 Å². The summed E-state index contributed by atoms with van der Waals surface area (Å²) in [7, 11) is 0. The van der Waals surface area contributed by atoms with Gasteiger partial charge in [-0.15, -0.1) is 0 Å². The van der Waals surface area contributed by atoms with Gasteiger partial charge in [0.1, 0.15) is 5.75 Å². The summed E-state index contributed by atoms with van der Waals surface area (Å²) in [5.41, 5.74) is 8.94. The van der Waals surface area contributed by atoms with Gasteiger partial charge in [0.25, 0.3) is 0 Å². The van der Waals surface area contributed by atoms with Crippen LogP contribution < -0.4 is 4.74 Å². The van der Waals surface area contributed by atoms with Gasteiger partial charge >= 0.3 is 0 Å². The Morgan fingerprint density at radius 3 is 2.60 bits per heavy atom. The van der Waals surface area contributed by atoms with E-state index in [4.69, 9.17) is 10.3 Å². The maximum Gasteiger partial charge on any atom is 0.129 e. The minimum Gasteiger partial charge on any atom is -0.490 e. The Balaban J connectivity index is 2.87. The summed E-state index contributed by atoms with van der Waals surface area (Å²) in [5.74, 6) is 0.656. The maximum absolute atomic E-state index is 8.40. The van der Waals surface area contributed by atoms with Crippen LogP contribution in [0.15, 0.2) is 29.4 Å². The van der Waals surface area contributed by atoms with Gasteiger partial charge in [0.05, 0.1) is 11.8 Å². The number of hydrogen-bond donors (Lipinski definition) is 0. The molecule has 0 saturated carbocycles. The van der Waals surface area contributed by atoms with Crippen LogP contribution in [0.2, 0.25) is 0 Å². The van der Waals surface area contributed by atoms with Crippen molar-refractivity contribution in [1.29, 1.82) is 0 Å². The highest BCUT2D eigenvalue weighted by molar-refractivity contribution is 5.51. The van der Waals surface area contributed by atoms with Crippen LogP contribution in [0.1, 0.15) is 26.7 Å². The molecule has 0 aliphatic rings. The molecule has 0 atom stereocenters. The summed E-state index contributed by atoms with van der Waals surface area (Å²) in [6.45, 7) is 4.15. The number of ether oxygens (including phenoxy) is 1. The van der Waals surface area contributed by atoms with E-state index in [2.05, 4.69) is 23.9 Å². The summed E-state index contributed by atoms with van der Waals surface area (Å²) >= 11 is 0. The average Bonchev–Trinajstić information content (AvgIpc) is 2.28. The number of hydrogen-bond acceptors (Lipinski definition) is 2. The molecule has 0 aliphatic carbocycles. The Bertz CT molecular complexity index is 355. The number of rotatable bonds is 5. The third-order valence-electron chi connectivity index (χ3n) is 2.22. The quantitative estimate of drug-likeness (QED) is 0.403. The second-order valence-corrected chi connectivity index (χ2v) is 3.21. The van der Waals surface area contributed by atoms with Crippen molar-refractivity contribution in [3.63, 3.8) is 0 Å². The van der Waals surface area contributed by atoms with E-state index in [0.717, 1.165) is 12.8 Å². The van der Waals surface area contributed by atoms with Crippen molar-refractivity contribution in [2.24, 2.45) is 5.11 Å². The van der Waals surface area contributed by atoms with Crippen molar-refractivity contribution in [2.75, 3.05) is 0 Å². The number of azide groups is 1. The molecule has 4 nitrogen and oxygen atoms in total. The molecule has 1 aromatic rings. The topological polar surface area (TPSA) is 58.0 Å². The third-order valence-corrected chi connectivity index (χ3v) is 2.22. The Morgan fingerprint density at radius 2 is 2.00 bits per heavy atom. The van der Waals surface area contributed by atoms with Gasteiger partial charge < -0.3 is 4.74 Å². The first kappa shape index (κ1) is 11.4. The van der Waals surface area contributed by atoms with Crippen LogP contribution in [-0.4, -0.2) is 6.10 Å². The maximum atomic E-state index is 8.40. The SMILES string of the molecule is CCC(CC)Oc1ccccc1N=[N+]=[N-]. The van der Waals surface area contributed by atoms with Crippen molar-refractivity contribution < 1.29 is 4.74 Å². The second-order valence-electron chi connectivity index (χ2n) is 3.21. The Kier molecular flexibility index (Phi) is 4.51. The van der Waals surface area contributed by atoms with Gasteiger partial charge in [0.2, 0.25) is 0 Å². The monoisotopic (exact) mass is 205 g/mol. The fourth-order valence-corrected chi connectivity index (χ4v) is 1.32. The van der Waals surface area contributed by atoms with Crippen LogP contribution in [0.25, 0.3) is 10.4 Å². The van der Waals surface area contributed by atoms with E-state index in [1.54, 1.807) is 6.07 Å². The average molecular weight is 205 g/mol. The molecular formula is C11H15N3O. The van der Waals surface area contributed by atoms with E-state index in [0.29, 0.717) is 11.4 Å². The zero-order valence-corrected chi connectivity index (χ0v) is 9.05. The molecular weight excluding hydrogens is 190 g/mol. The first-order valence-corrected chi connectivity index (χ1v) is 5.12. The van der Waals surface area contributed by atoms with Gasteiger partial charge in [-0.1, -0.05) is 31.1 Å². The first-order valence-electron chi connectivity index (χ1n) is 5.12. The predicted octanol–water partition coefficient (Wildman–Crippen LogP) is 4.20. The third kappa shape index (κ3) is 3.18. The fourth-order valence-electron chi connectivity index (χ4n) is 1.32. The van der Waals surface area contributed by atoms with Crippen LogP contribution in [0.5, 0.6) is 5.75 Å². The highest BCUT2D eigenvalue weighted by Crippen LogP contribution is 2.28. The van der Waals surface area contributed by atoms with Crippen molar-refractivity contribution in [1.82, 2.24) is 0 Å². The lowest BCUT2D eigenvalue weighted by Gasteiger charge is -2.16. The van der Waals surface area contributed by atoms with E-state index in [1.165, 1.54) is 0 Å². The molecule has 1 aromatic carbocycles. The zero-order chi connectivity index (χ0) is 11.1. The molecule has 0 unspecified atom stereocenters. The highest BCUT2D eigenvalue weighted by Gasteiger charge is 2.07. The van der Waals surface area contributed by atoms with Crippen LogP contribution in [0, 0.1) is 0 Å². The number of nitrogens with zero attached hydrogens (tertiary/aromatic N) is 3. The molecule has 0 amide bonds. The largest absolute Gasteiger partial charge is 0.490 e. The van der Waals surface area contributed by atoms with Crippen LogP contribution in [-0.2, 0) is 0 Å². The summed E-state index contributed by atoms with van der Waals surface area (Å²) in [6.07, 6.45) is 2.07. The molecule has 4 heteroatoms. The standard InChI is InChI=1S/C11H15N3O/c1-3-9(4-2)15-11-8-6-5-7-10(11)13-14-12/h5-9H,3-4H2,1-2H3. The van der Waals surface area contributed by atoms with Crippen molar-refractivity contribution in [3.8, 4) is 5.75 Å². The van der Waals surface area contributed by atoms with Gasteiger partial charge in [-0.2, -0.15) is 0 Å². The Hall–Kier alpha value is -1.67. The van der Waals surface area contributed by atoms with Gasteiger partial charge in [0, 0.05) is 4.91 Å². The van der Waals surface area contributed by atoms with E-state index in [1.807, 2.05) is 18.2 Å². The summed E-state index contributed by atoms with van der Waals surface area (Å²) < 4.78 is 5.73. The molecule has 0 aliphatic heterocycles. The Morgan fingerprint density at radius 1 is 1.33 bits per heavy atom. The molecule has 0 fully saturated rings. The molecule has 0 bridgehead atoms. The molecule has 0 spiro atoms. The van der Waals surface area contributed by atoms with E-state index in [-0.39, 0.29) is 6.10 Å². The van der Waals surface area contributed by atoms with Gasteiger partial charge in [-0.3, -0.25) is 0 Å². The lowest BCUT2D eigenvalue weighted by atomic mass is 10.2. The lowest BCUT2D eigenvalue weighted by Crippen LogP contribution is -2.13. The number of benzene rings is 1. The van der Waals surface area contributed by atoms with Crippen molar-refractivity contribution in [3.05, 3.63) is 34.7 Å². The van der Waals surface area contributed by atoms with Gasteiger partial charge in [-0.05, 0) is 30.5 Å². The van der Waals surface area contributed by atoms with Gasteiger partial charge in [-0.25, -0.2) is 0 Å². The molecule has 0 radical (unpaired) electrons. The van der Waals surface area contributed by atoms with Crippen LogP contribution in [0.4, 0.5) is 5.69 Å². The summed E-state index contributed by atoms with van der Waals surface area (Å²) in [4.78, 5) is 2.77. The molecule has 15 heavy (non-hydrogen) atoms. The van der Waals surface area contributed by atoms with Crippen molar-refractivity contribution >= 4 is 5.69 Å². The molecule has 0 heterocycles. The number of para-hydroxylation sites is 1. The molecule has 0 saturated heterocycles. The first-order chi connectivity index (χ1) is 7.31. The summed E-state index contributed by atoms with van der Waals surface area (Å²) in [6, 6.07) is 7.26. The molecule has 1 rings (SSSR count). The molecule has 0 N–H and O–H groups in total. The summed E-state index contributed by atoms with van der Waals surface area (Å²) in [5, 5.41) is 3.58. The highest BCUT2D eigenvalue weighted by atomic mass is 16.5. The minimum absolute atomic E-state index is 0.181. The lowest BCUT2D eigenvalue weighted by molar-refractivity contribution is 0.194. The zero-order valence-electron chi connectivity index (χ0n) is 9.05.